The van der Waals surface area contributed by atoms with E-state index in [1.165, 1.54) is 22.3 Å². The fourth-order valence-corrected chi connectivity index (χ4v) is 5.49. The molecule has 0 radical (unpaired) electrons. The van der Waals surface area contributed by atoms with E-state index in [2.05, 4.69) is 143 Å². The van der Waals surface area contributed by atoms with E-state index >= 15 is 0 Å². The summed E-state index contributed by atoms with van der Waals surface area (Å²) in [6, 6.07) is 17.6. The molecule has 0 amide bonds. The molecule has 2 N–H and O–H groups in total. The van der Waals surface area contributed by atoms with Gasteiger partial charge in [0.15, 0.2) is 0 Å². The molecule has 0 saturated carbocycles. The monoisotopic (exact) mass is 557 g/mol. The maximum atomic E-state index is 11.3. The van der Waals surface area contributed by atoms with Gasteiger partial charge in [-0.15, -0.1) is 0 Å². The molecule has 3 aromatic rings. The van der Waals surface area contributed by atoms with Gasteiger partial charge in [-0.3, -0.25) is 4.90 Å². The van der Waals surface area contributed by atoms with Crippen molar-refractivity contribution in [3.8, 4) is 11.5 Å². The van der Waals surface area contributed by atoms with E-state index in [4.69, 9.17) is 0 Å². The average molecular weight is 558 g/mol. The van der Waals surface area contributed by atoms with Crippen molar-refractivity contribution < 1.29 is 10.2 Å². The zero-order valence-corrected chi connectivity index (χ0v) is 28.1. The van der Waals surface area contributed by atoms with Crippen LogP contribution in [0.3, 0.4) is 0 Å². The first-order chi connectivity index (χ1) is 18.6. The zero-order chi connectivity index (χ0) is 31.1. The Morgan fingerprint density at radius 2 is 0.732 bits per heavy atom. The Hall–Kier alpha value is -2.78. The van der Waals surface area contributed by atoms with Gasteiger partial charge in [0.25, 0.3) is 0 Å². The summed E-state index contributed by atoms with van der Waals surface area (Å²) in [6.45, 7) is 30.4. The predicted octanol–water partition coefficient (Wildman–Crippen LogP) is 9.80. The summed E-state index contributed by atoms with van der Waals surface area (Å²) >= 11 is 0. The van der Waals surface area contributed by atoms with Crippen molar-refractivity contribution in [1.29, 1.82) is 0 Å². The Morgan fingerprint density at radius 3 is 1.00 bits per heavy atom. The maximum Gasteiger partial charge on any atom is 0.123 e. The lowest BCUT2D eigenvalue weighted by Crippen LogP contribution is -2.25. The number of hydrogen-bond acceptors (Lipinski definition) is 3. The van der Waals surface area contributed by atoms with Crippen LogP contribution in [0.15, 0.2) is 48.5 Å². The number of benzene rings is 3. The Balaban J connectivity index is 2.16. The van der Waals surface area contributed by atoms with Crippen LogP contribution in [-0.2, 0) is 41.3 Å². The topological polar surface area (TPSA) is 43.7 Å². The molecule has 3 rings (SSSR count). The van der Waals surface area contributed by atoms with Crippen LogP contribution in [0.1, 0.15) is 128 Å². The second kappa shape index (κ2) is 11.5. The van der Waals surface area contributed by atoms with E-state index in [1.807, 2.05) is 0 Å². The molecule has 0 spiro atoms. The molecule has 0 fully saturated rings. The lowest BCUT2D eigenvalue weighted by atomic mass is 9.78. The second-order valence-electron chi connectivity index (χ2n) is 16.2. The fourth-order valence-electron chi connectivity index (χ4n) is 5.49. The normalized spacial score (nSPS) is 13.2. The highest BCUT2D eigenvalue weighted by Crippen LogP contribution is 2.42. The van der Waals surface area contributed by atoms with Gasteiger partial charge in [-0.05, 0) is 67.5 Å². The van der Waals surface area contributed by atoms with Crippen molar-refractivity contribution in [1.82, 2.24) is 4.90 Å². The van der Waals surface area contributed by atoms with E-state index in [0.717, 1.165) is 41.9 Å². The minimum absolute atomic E-state index is 0.179. The smallest absolute Gasteiger partial charge is 0.123 e. The van der Waals surface area contributed by atoms with E-state index in [0.29, 0.717) is 11.5 Å². The van der Waals surface area contributed by atoms with Crippen LogP contribution in [-0.4, -0.2) is 15.1 Å². The van der Waals surface area contributed by atoms with Gasteiger partial charge >= 0.3 is 0 Å². The quantitative estimate of drug-likeness (QED) is 0.317. The zero-order valence-electron chi connectivity index (χ0n) is 28.1. The van der Waals surface area contributed by atoms with Gasteiger partial charge in [-0.1, -0.05) is 137 Å². The van der Waals surface area contributed by atoms with E-state index in [9.17, 15) is 10.2 Å². The van der Waals surface area contributed by atoms with Gasteiger partial charge in [0.2, 0.25) is 0 Å². The molecule has 0 heterocycles. The van der Waals surface area contributed by atoms with Crippen molar-refractivity contribution in [2.24, 2.45) is 0 Å². The number of aromatic hydroxyl groups is 2. The predicted molar refractivity (Wildman–Crippen MR) is 175 cm³/mol. The molecule has 0 aliphatic rings. The van der Waals surface area contributed by atoms with Gasteiger partial charge in [0.05, 0.1) is 0 Å². The number of aryl methyl sites for hydroxylation is 1. The number of phenols is 2. The first-order valence-electron chi connectivity index (χ1n) is 15.1. The van der Waals surface area contributed by atoms with Crippen LogP contribution in [0.5, 0.6) is 11.5 Å². The van der Waals surface area contributed by atoms with Crippen LogP contribution in [0.25, 0.3) is 0 Å². The minimum Gasteiger partial charge on any atom is -0.507 e. The lowest BCUT2D eigenvalue weighted by Gasteiger charge is -2.31. The standard InChI is InChI=1S/C38H55NO2/c1-25-14-16-26(17-15-25)22-39(23-27-18-29(35(2,3)4)33(40)30(19-27)36(5,6)7)24-28-20-31(37(8,9)10)34(41)32(21-28)38(11,12)13/h14-21,40-41H,22-24H2,1-13H3. The third-order valence-electron chi connectivity index (χ3n) is 7.91. The minimum atomic E-state index is -0.179. The third kappa shape index (κ3) is 8.16. The van der Waals surface area contributed by atoms with Gasteiger partial charge < -0.3 is 10.2 Å². The van der Waals surface area contributed by atoms with Gasteiger partial charge in [0.1, 0.15) is 11.5 Å². The molecule has 0 aliphatic heterocycles. The first kappa shape index (κ1) is 32.7. The van der Waals surface area contributed by atoms with Crippen molar-refractivity contribution in [3.63, 3.8) is 0 Å². The molecule has 0 unspecified atom stereocenters. The Labute approximate surface area is 250 Å². The van der Waals surface area contributed by atoms with E-state index in [1.54, 1.807) is 0 Å². The largest absolute Gasteiger partial charge is 0.507 e. The molecule has 0 bridgehead atoms. The van der Waals surface area contributed by atoms with Crippen molar-refractivity contribution in [2.75, 3.05) is 0 Å². The van der Waals surface area contributed by atoms with Crippen LogP contribution >= 0.6 is 0 Å². The Bertz CT molecular complexity index is 1200. The van der Waals surface area contributed by atoms with Crippen LogP contribution in [0.4, 0.5) is 0 Å². The highest BCUT2D eigenvalue weighted by atomic mass is 16.3. The number of hydrogen-bond donors (Lipinski definition) is 2. The average Bonchev–Trinajstić information content (AvgIpc) is 2.79. The summed E-state index contributed by atoms with van der Waals surface area (Å²) in [6.07, 6.45) is 0. The van der Waals surface area contributed by atoms with Gasteiger partial charge in [-0.2, -0.15) is 0 Å². The third-order valence-corrected chi connectivity index (χ3v) is 7.91. The summed E-state index contributed by atoms with van der Waals surface area (Å²) in [5, 5.41) is 22.6. The second-order valence-corrected chi connectivity index (χ2v) is 16.2. The number of nitrogens with zero attached hydrogens (tertiary/aromatic N) is 1. The summed E-state index contributed by atoms with van der Waals surface area (Å²) in [5.74, 6) is 0.837. The summed E-state index contributed by atoms with van der Waals surface area (Å²) in [7, 11) is 0. The Morgan fingerprint density at radius 1 is 0.463 bits per heavy atom. The van der Waals surface area contributed by atoms with Crippen LogP contribution in [0.2, 0.25) is 0 Å². The highest BCUT2D eigenvalue weighted by molar-refractivity contribution is 5.51. The van der Waals surface area contributed by atoms with Crippen molar-refractivity contribution in [2.45, 2.75) is 131 Å². The molecule has 3 nitrogen and oxygen atoms in total. The molecule has 0 saturated heterocycles. The SMILES string of the molecule is Cc1ccc(CN(Cc2cc(C(C)(C)C)c(O)c(C(C)(C)C)c2)Cc2cc(C(C)(C)C)c(O)c(C(C)(C)C)c2)cc1. The lowest BCUT2D eigenvalue weighted by molar-refractivity contribution is 0.246. The maximum absolute atomic E-state index is 11.3. The fraction of sp³-hybridized carbons (Fsp3) is 0.526. The summed E-state index contributed by atoms with van der Waals surface area (Å²) < 4.78 is 0. The molecule has 41 heavy (non-hydrogen) atoms. The van der Waals surface area contributed by atoms with E-state index in [-0.39, 0.29) is 21.7 Å². The van der Waals surface area contributed by atoms with Crippen molar-refractivity contribution >= 4 is 0 Å². The molecule has 0 atom stereocenters. The molecule has 0 aromatic heterocycles. The summed E-state index contributed by atoms with van der Waals surface area (Å²) in [4.78, 5) is 2.49. The molecular formula is C38H55NO2. The first-order valence-corrected chi connectivity index (χ1v) is 15.1. The molecule has 3 aromatic carbocycles. The molecular weight excluding hydrogens is 502 g/mol. The van der Waals surface area contributed by atoms with Gasteiger partial charge in [-0.25, -0.2) is 0 Å². The van der Waals surface area contributed by atoms with Crippen molar-refractivity contribution in [3.05, 3.63) is 93.0 Å². The highest BCUT2D eigenvalue weighted by Gasteiger charge is 2.29. The Kier molecular flexibility index (Phi) is 9.16. The molecule has 0 aliphatic carbocycles. The van der Waals surface area contributed by atoms with Crippen LogP contribution in [0, 0.1) is 6.92 Å². The molecule has 3 heteroatoms. The molecule has 224 valence electrons. The van der Waals surface area contributed by atoms with E-state index < -0.39 is 0 Å². The number of rotatable bonds is 6. The number of phenolic OH excluding ortho intramolecular Hbond substituents is 2. The van der Waals surface area contributed by atoms with Gasteiger partial charge in [0, 0.05) is 19.6 Å². The summed E-state index contributed by atoms with van der Waals surface area (Å²) in [5.41, 5.74) is 8.18. The van der Waals surface area contributed by atoms with Crippen LogP contribution < -0.4 is 0 Å².